The van der Waals surface area contributed by atoms with Crippen LogP contribution in [-0.2, 0) is 4.74 Å². The van der Waals surface area contributed by atoms with Crippen molar-refractivity contribution >= 4 is 11.6 Å². The van der Waals surface area contributed by atoms with Gasteiger partial charge in [-0.25, -0.2) is 0 Å². The molecule has 0 amide bonds. The molecule has 2 rings (SSSR count). The molecule has 2 atom stereocenters. The van der Waals surface area contributed by atoms with Crippen molar-refractivity contribution in [3.63, 3.8) is 0 Å². The zero-order valence-corrected chi connectivity index (χ0v) is 8.20. The van der Waals surface area contributed by atoms with Crippen LogP contribution >= 0.6 is 11.6 Å². The Hall–Kier alpha value is -0.530. The predicted molar refractivity (Wildman–Crippen MR) is 54.0 cm³/mol. The Morgan fingerprint density at radius 3 is 2.69 bits per heavy atom. The van der Waals surface area contributed by atoms with Gasteiger partial charge in [0.2, 0.25) is 0 Å². The highest BCUT2D eigenvalue weighted by Gasteiger charge is 2.38. The van der Waals surface area contributed by atoms with Crippen molar-refractivity contribution in [2.45, 2.75) is 25.0 Å². The number of alkyl halides is 1. The van der Waals surface area contributed by atoms with Crippen molar-refractivity contribution in [3.8, 4) is 0 Å². The van der Waals surface area contributed by atoms with Gasteiger partial charge in [0.15, 0.2) is 0 Å². The summed E-state index contributed by atoms with van der Waals surface area (Å²) in [5.41, 5.74) is 1.29. The molecule has 0 N–H and O–H groups in total. The van der Waals surface area contributed by atoms with Crippen molar-refractivity contribution < 1.29 is 4.74 Å². The first-order valence-corrected chi connectivity index (χ1v) is 5.21. The van der Waals surface area contributed by atoms with Crippen molar-refractivity contribution in [1.29, 1.82) is 0 Å². The standard InChI is InChI=1S/C11H13ClO/c12-8-4-7-10-11(13-10)9-5-2-1-3-6-9/h1-3,5-6,10-11H,4,7-8H2. The third-order valence-corrected chi connectivity index (χ3v) is 2.60. The van der Waals surface area contributed by atoms with E-state index in [2.05, 4.69) is 24.3 Å². The molecule has 2 heteroatoms. The van der Waals surface area contributed by atoms with Gasteiger partial charge < -0.3 is 4.74 Å². The molecular weight excluding hydrogens is 184 g/mol. The van der Waals surface area contributed by atoms with Crippen molar-refractivity contribution in [2.24, 2.45) is 0 Å². The maximum Gasteiger partial charge on any atom is 0.109 e. The average molecular weight is 197 g/mol. The number of rotatable bonds is 4. The van der Waals surface area contributed by atoms with E-state index in [1.54, 1.807) is 0 Å². The molecule has 70 valence electrons. The minimum atomic E-state index is 0.337. The molecule has 1 aromatic rings. The molecule has 0 bridgehead atoms. The maximum absolute atomic E-state index is 5.61. The van der Waals surface area contributed by atoms with Crippen LogP contribution in [0.3, 0.4) is 0 Å². The Labute approximate surface area is 83.7 Å². The lowest BCUT2D eigenvalue weighted by Gasteiger charge is -1.93. The van der Waals surface area contributed by atoms with Crippen LogP contribution in [-0.4, -0.2) is 12.0 Å². The van der Waals surface area contributed by atoms with E-state index >= 15 is 0 Å². The van der Waals surface area contributed by atoms with Gasteiger partial charge in [0.05, 0.1) is 6.10 Å². The Morgan fingerprint density at radius 1 is 1.23 bits per heavy atom. The Balaban J connectivity index is 1.86. The highest BCUT2D eigenvalue weighted by molar-refractivity contribution is 6.17. The molecule has 1 aliphatic rings. The molecule has 0 saturated carbocycles. The monoisotopic (exact) mass is 196 g/mol. The summed E-state index contributed by atoms with van der Waals surface area (Å²) in [6.45, 7) is 0. The summed E-state index contributed by atoms with van der Waals surface area (Å²) in [7, 11) is 0. The van der Waals surface area contributed by atoms with Gasteiger partial charge in [-0.15, -0.1) is 11.6 Å². The molecule has 2 unspecified atom stereocenters. The number of halogens is 1. The summed E-state index contributed by atoms with van der Waals surface area (Å²) in [6, 6.07) is 10.4. The van der Waals surface area contributed by atoms with Crippen LogP contribution in [0.25, 0.3) is 0 Å². The van der Waals surface area contributed by atoms with Gasteiger partial charge in [-0.3, -0.25) is 0 Å². The molecule has 1 saturated heterocycles. The van der Waals surface area contributed by atoms with Crippen LogP contribution in [0.15, 0.2) is 30.3 Å². The average Bonchev–Trinajstić information content (AvgIpc) is 2.95. The molecule has 0 aliphatic carbocycles. The van der Waals surface area contributed by atoms with Gasteiger partial charge >= 0.3 is 0 Å². The fourth-order valence-corrected chi connectivity index (χ4v) is 1.73. The summed E-state index contributed by atoms with van der Waals surface area (Å²) < 4.78 is 5.55. The second-order valence-electron chi connectivity index (χ2n) is 3.34. The van der Waals surface area contributed by atoms with Crippen LogP contribution in [0, 0.1) is 0 Å². The van der Waals surface area contributed by atoms with Crippen LogP contribution in [0.1, 0.15) is 24.5 Å². The van der Waals surface area contributed by atoms with Crippen molar-refractivity contribution in [2.75, 3.05) is 5.88 Å². The minimum Gasteiger partial charge on any atom is -0.365 e. The quantitative estimate of drug-likeness (QED) is 0.533. The molecule has 1 aromatic carbocycles. The molecular formula is C11H13ClO. The largest absolute Gasteiger partial charge is 0.365 e. The number of hydrogen-bond acceptors (Lipinski definition) is 1. The summed E-state index contributed by atoms with van der Waals surface area (Å²) in [5, 5.41) is 0. The summed E-state index contributed by atoms with van der Waals surface area (Å²) in [6.07, 6.45) is 2.89. The summed E-state index contributed by atoms with van der Waals surface area (Å²) in [5.74, 6) is 0.737. The summed E-state index contributed by atoms with van der Waals surface area (Å²) >= 11 is 5.61. The number of benzene rings is 1. The summed E-state index contributed by atoms with van der Waals surface area (Å²) in [4.78, 5) is 0. The first-order chi connectivity index (χ1) is 6.42. The van der Waals surface area contributed by atoms with Crippen LogP contribution in [0.4, 0.5) is 0 Å². The molecule has 1 nitrogen and oxygen atoms in total. The second-order valence-corrected chi connectivity index (χ2v) is 3.71. The third kappa shape index (κ3) is 2.23. The van der Waals surface area contributed by atoms with E-state index in [0.717, 1.165) is 18.7 Å². The number of epoxide rings is 1. The van der Waals surface area contributed by atoms with Crippen LogP contribution < -0.4 is 0 Å². The molecule has 0 aromatic heterocycles. The van der Waals surface area contributed by atoms with Gasteiger partial charge in [-0.1, -0.05) is 30.3 Å². The lowest BCUT2D eigenvalue weighted by Crippen LogP contribution is -1.89. The predicted octanol–water partition coefficient (Wildman–Crippen LogP) is 3.15. The van der Waals surface area contributed by atoms with E-state index in [1.165, 1.54) is 5.56 Å². The second kappa shape index (κ2) is 4.12. The van der Waals surface area contributed by atoms with E-state index in [-0.39, 0.29) is 0 Å². The minimum absolute atomic E-state index is 0.337. The van der Waals surface area contributed by atoms with Gasteiger partial charge in [-0.2, -0.15) is 0 Å². The topological polar surface area (TPSA) is 12.5 Å². The van der Waals surface area contributed by atoms with E-state index in [1.807, 2.05) is 6.07 Å². The van der Waals surface area contributed by atoms with Crippen LogP contribution in [0.5, 0.6) is 0 Å². The smallest absolute Gasteiger partial charge is 0.109 e. The van der Waals surface area contributed by atoms with Gasteiger partial charge in [-0.05, 0) is 18.4 Å². The first kappa shape index (κ1) is 9.04. The molecule has 0 radical (unpaired) electrons. The maximum atomic E-state index is 5.61. The normalized spacial score (nSPS) is 25.9. The van der Waals surface area contributed by atoms with E-state index < -0.39 is 0 Å². The molecule has 1 fully saturated rings. The zero-order valence-electron chi connectivity index (χ0n) is 7.45. The SMILES string of the molecule is ClCCCC1OC1c1ccccc1. The molecule has 13 heavy (non-hydrogen) atoms. The fraction of sp³-hybridized carbons (Fsp3) is 0.455. The van der Waals surface area contributed by atoms with Crippen molar-refractivity contribution in [3.05, 3.63) is 35.9 Å². The Kier molecular flexibility index (Phi) is 2.87. The first-order valence-electron chi connectivity index (χ1n) is 4.68. The molecule has 1 heterocycles. The third-order valence-electron chi connectivity index (χ3n) is 2.33. The van der Waals surface area contributed by atoms with Gasteiger partial charge in [0.25, 0.3) is 0 Å². The van der Waals surface area contributed by atoms with Gasteiger partial charge in [0.1, 0.15) is 6.10 Å². The van der Waals surface area contributed by atoms with E-state index in [4.69, 9.17) is 16.3 Å². The highest BCUT2D eigenvalue weighted by Crippen LogP contribution is 2.41. The van der Waals surface area contributed by atoms with Crippen molar-refractivity contribution in [1.82, 2.24) is 0 Å². The van der Waals surface area contributed by atoms with E-state index in [9.17, 15) is 0 Å². The lowest BCUT2D eigenvalue weighted by molar-refractivity contribution is 0.365. The van der Waals surface area contributed by atoms with Crippen LogP contribution in [0.2, 0.25) is 0 Å². The Bertz CT molecular complexity index is 260. The Morgan fingerprint density at radius 2 is 2.00 bits per heavy atom. The van der Waals surface area contributed by atoms with Gasteiger partial charge in [0, 0.05) is 5.88 Å². The lowest BCUT2D eigenvalue weighted by atomic mass is 10.1. The highest BCUT2D eigenvalue weighted by atomic mass is 35.5. The number of hydrogen-bond donors (Lipinski definition) is 0. The zero-order chi connectivity index (χ0) is 9.10. The molecule has 0 spiro atoms. The molecule has 1 aliphatic heterocycles. The van der Waals surface area contributed by atoms with E-state index in [0.29, 0.717) is 12.2 Å². The fourth-order valence-electron chi connectivity index (χ4n) is 1.58. The number of ether oxygens (including phenoxy) is 1.